The minimum atomic E-state index is -0.641. The van der Waals surface area contributed by atoms with Crippen LogP contribution in [0.4, 0.5) is 5.82 Å². The number of carbonyl (C=O) groups is 1. The van der Waals surface area contributed by atoms with Gasteiger partial charge in [-0.1, -0.05) is 30.3 Å². The summed E-state index contributed by atoms with van der Waals surface area (Å²) in [6, 6.07) is 13.4. The number of hydrogen-bond donors (Lipinski definition) is 1. The lowest BCUT2D eigenvalue weighted by Crippen LogP contribution is -2.34. The lowest BCUT2D eigenvalue weighted by molar-refractivity contribution is -0.120. The lowest BCUT2D eigenvalue weighted by Gasteiger charge is -2.23. The Morgan fingerprint density at radius 2 is 1.88 bits per heavy atom. The molecule has 0 spiro atoms. The number of hydrogen-bond acceptors (Lipinski definition) is 3. The monoisotopic (exact) mass is 320 g/mol. The third-order valence-corrected chi connectivity index (χ3v) is 4.13. The number of nitrogens with zero attached hydrogens (tertiary/aromatic N) is 3. The molecule has 122 valence electrons. The van der Waals surface area contributed by atoms with Crippen molar-refractivity contribution >= 4 is 11.7 Å². The standard InChI is InChI=1S/C19H20N4O/c1-14-13-20-11-9-16(14)23-12-10-17(22-23)21-18(24)19(2,3)15-7-5-4-6-8-15/h4-13H,1-3H3,(H,21,22,24). The van der Waals surface area contributed by atoms with Gasteiger partial charge in [-0.25, -0.2) is 4.68 Å². The van der Waals surface area contributed by atoms with Crippen LogP contribution in [0.3, 0.4) is 0 Å². The van der Waals surface area contributed by atoms with Crippen molar-refractivity contribution in [1.29, 1.82) is 0 Å². The molecule has 0 aliphatic carbocycles. The number of carbonyl (C=O) groups excluding carboxylic acids is 1. The summed E-state index contributed by atoms with van der Waals surface area (Å²) in [5.41, 5.74) is 2.28. The molecule has 3 rings (SSSR count). The van der Waals surface area contributed by atoms with Crippen LogP contribution in [0.15, 0.2) is 61.1 Å². The van der Waals surface area contributed by atoms with E-state index in [0.717, 1.165) is 16.8 Å². The molecule has 2 aromatic heterocycles. The van der Waals surface area contributed by atoms with Gasteiger partial charge in [0.15, 0.2) is 5.82 Å². The van der Waals surface area contributed by atoms with Crippen LogP contribution in [0, 0.1) is 6.92 Å². The predicted molar refractivity (Wildman–Crippen MR) is 94.2 cm³/mol. The molecule has 0 aliphatic rings. The quantitative estimate of drug-likeness (QED) is 0.800. The first-order valence-corrected chi connectivity index (χ1v) is 7.82. The molecule has 1 N–H and O–H groups in total. The number of amides is 1. The van der Waals surface area contributed by atoms with Crippen LogP contribution < -0.4 is 5.32 Å². The van der Waals surface area contributed by atoms with E-state index in [4.69, 9.17) is 0 Å². The maximum atomic E-state index is 12.7. The highest BCUT2D eigenvalue weighted by atomic mass is 16.2. The predicted octanol–water partition coefficient (Wildman–Crippen LogP) is 3.49. The number of aromatic nitrogens is 3. The largest absolute Gasteiger partial charge is 0.308 e. The fourth-order valence-electron chi connectivity index (χ4n) is 2.51. The Kier molecular flexibility index (Phi) is 4.16. The zero-order valence-corrected chi connectivity index (χ0v) is 14.0. The fraction of sp³-hybridized carbons (Fsp3) is 0.211. The normalized spacial score (nSPS) is 11.3. The van der Waals surface area contributed by atoms with E-state index in [1.807, 2.05) is 63.4 Å². The molecule has 3 aromatic rings. The summed E-state index contributed by atoms with van der Waals surface area (Å²) in [5.74, 6) is 0.436. The van der Waals surface area contributed by atoms with Crippen molar-refractivity contribution in [3.05, 3.63) is 72.2 Å². The summed E-state index contributed by atoms with van der Waals surface area (Å²) in [4.78, 5) is 16.8. The summed E-state index contributed by atoms with van der Waals surface area (Å²) < 4.78 is 1.74. The molecular formula is C19H20N4O. The van der Waals surface area contributed by atoms with E-state index in [9.17, 15) is 4.79 Å². The number of anilines is 1. The molecule has 0 bridgehead atoms. The average Bonchev–Trinajstić information content (AvgIpc) is 3.04. The van der Waals surface area contributed by atoms with Crippen LogP contribution in [-0.4, -0.2) is 20.7 Å². The van der Waals surface area contributed by atoms with E-state index in [1.54, 1.807) is 23.1 Å². The van der Waals surface area contributed by atoms with Gasteiger partial charge in [-0.3, -0.25) is 9.78 Å². The van der Waals surface area contributed by atoms with E-state index in [2.05, 4.69) is 15.4 Å². The van der Waals surface area contributed by atoms with E-state index in [-0.39, 0.29) is 5.91 Å². The van der Waals surface area contributed by atoms with Crippen LogP contribution in [0.5, 0.6) is 0 Å². The molecule has 0 aliphatic heterocycles. The minimum absolute atomic E-state index is 0.0922. The first-order valence-electron chi connectivity index (χ1n) is 7.82. The van der Waals surface area contributed by atoms with Crippen LogP contribution in [0.25, 0.3) is 5.69 Å². The molecule has 5 heteroatoms. The van der Waals surface area contributed by atoms with E-state index in [1.165, 1.54) is 0 Å². The fourth-order valence-corrected chi connectivity index (χ4v) is 2.51. The average molecular weight is 320 g/mol. The smallest absolute Gasteiger partial charge is 0.235 e. The highest BCUT2D eigenvalue weighted by Gasteiger charge is 2.30. The Hall–Kier alpha value is -2.95. The molecular weight excluding hydrogens is 300 g/mol. The Morgan fingerprint density at radius 1 is 1.12 bits per heavy atom. The summed E-state index contributed by atoms with van der Waals surface area (Å²) in [7, 11) is 0. The third kappa shape index (κ3) is 3.06. The van der Waals surface area contributed by atoms with Crippen molar-refractivity contribution in [1.82, 2.24) is 14.8 Å². The van der Waals surface area contributed by atoms with Gasteiger partial charge in [0.25, 0.3) is 0 Å². The maximum Gasteiger partial charge on any atom is 0.235 e. The second kappa shape index (κ2) is 6.28. The van der Waals surface area contributed by atoms with Gasteiger partial charge in [-0.05, 0) is 38.0 Å². The topological polar surface area (TPSA) is 59.8 Å². The van der Waals surface area contributed by atoms with Gasteiger partial charge in [0.05, 0.1) is 11.1 Å². The number of nitrogens with one attached hydrogen (secondary N) is 1. The number of aryl methyl sites for hydroxylation is 1. The summed E-state index contributed by atoms with van der Waals surface area (Å²) in [6.07, 6.45) is 5.34. The third-order valence-electron chi connectivity index (χ3n) is 4.13. The SMILES string of the molecule is Cc1cnccc1-n1ccc(NC(=O)C(C)(C)c2ccccc2)n1. The first-order chi connectivity index (χ1) is 11.5. The van der Waals surface area contributed by atoms with Crippen molar-refractivity contribution in [3.63, 3.8) is 0 Å². The van der Waals surface area contributed by atoms with Gasteiger partial charge < -0.3 is 5.32 Å². The molecule has 24 heavy (non-hydrogen) atoms. The summed E-state index contributed by atoms with van der Waals surface area (Å²) >= 11 is 0. The number of benzene rings is 1. The molecule has 0 unspecified atom stereocenters. The van der Waals surface area contributed by atoms with Crippen LogP contribution in [-0.2, 0) is 10.2 Å². The molecule has 0 atom stereocenters. The summed E-state index contributed by atoms with van der Waals surface area (Å²) in [5, 5.41) is 7.35. The van der Waals surface area contributed by atoms with Crippen LogP contribution in [0.2, 0.25) is 0 Å². The molecule has 1 aromatic carbocycles. The number of pyridine rings is 1. The van der Waals surface area contributed by atoms with Gasteiger partial charge in [-0.2, -0.15) is 5.10 Å². The zero-order chi connectivity index (χ0) is 17.2. The second-order valence-electron chi connectivity index (χ2n) is 6.25. The van der Waals surface area contributed by atoms with Crippen molar-refractivity contribution in [3.8, 4) is 5.69 Å². The number of rotatable bonds is 4. The molecule has 1 amide bonds. The van der Waals surface area contributed by atoms with Crippen molar-refractivity contribution in [2.75, 3.05) is 5.32 Å². The summed E-state index contributed by atoms with van der Waals surface area (Å²) in [6.45, 7) is 5.78. The van der Waals surface area contributed by atoms with Crippen molar-refractivity contribution in [2.24, 2.45) is 0 Å². The molecule has 0 saturated carbocycles. The molecule has 5 nitrogen and oxygen atoms in total. The van der Waals surface area contributed by atoms with Crippen LogP contribution >= 0.6 is 0 Å². The van der Waals surface area contributed by atoms with Gasteiger partial charge in [0.1, 0.15) is 0 Å². The van der Waals surface area contributed by atoms with E-state index < -0.39 is 5.41 Å². The van der Waals surface area contributed by atoms with Crippen LogP contribution in [0.1, 0.15) is 25.0 Å². The Balaban J connectivity index is 1.80. The van der Waals surface area contributed by atoms with E-state index >= 15 is 0 Å². The molecule has 2 heterocycles. The van der Waals surface area contributed by atoms with Gasteiger partial charge in [0, 0.05) is 24.7 Å². The highest BCUT2D eigenvalue weighted by Crippen LogP contribution is 2.24. The Bertz CT molecular complexity index is 853. The molecule has 0 fully saturated rings. The second-order valence-corrected chi connectivity index (χ2v) is 6.25. The van der Waals surface area contributed by atoms with Gasteiger partial charge in [-0.15, -0.1) is 0 Å². The van der Waals surface area contributed by atoms with E-state index in [0.29, 0.717) is 5.82 Å². The first kappa shape index (κ1) is 15.9. The Labute approximate surface area is 141 Å². The van der Waals surface area contributed by atoms with Gasteiger partial charge >= 0.3 is 0 Å². The molecule has 0 saturated heterocycles. The van der Waals surface area contributed by atoms with Crippen molar-refractivity contribution < 1.29 is 4.79 Å². The highest BCUT2D eigenvalue weighted by molar-refractivity contribution is 5.97. The van der Waals surface area contributed by atoms with Crippen molar-refractivity contribution in [2.45, 2.75) is 26.2 Å². The minimum Gasteiger partial charge on any atom is -0.308 e. The maximum absolute atomic E-state index is 12.7. The zero-order valence-electron chi connectivity index (χ0n) is 14.0. The molecule has 0 radical (unpaired) electrons. The lowest BCUT2D eigenvalue weighted by atomic mass is 9.84. The van der Waals surface area contributed by atoms with Gasteiger partial charge in [0.2, 0.25) is 5.91 Å². The Morgan fingerprint density at radius 3 is 2.58 bits per heavy atom.